The molecule has 0 spiro atoms. The molecule has 0 aromatic heterocycles. The number of unbranched alkanes of at least 4 members (excludes halogenated alkanes) is 1. The van der Waals surface area contributed by atoms with Crippen LogP contribution in [0.15, 0.2) is 18.2 Å². The summed E-state index contributed by atoms with van der Waals surface area (Å²) in [5, 5.41) is 0.283. The topological polar surface area (TPSA) is 66.9 Å². The number of hydrogen-bond acceptors (Lipinski definition) is 4. The Morgan fingerprint density at radius 3 is 2.48 bits per heavy atom. The lowest BCUT2D eigenvalue weighted by Crippen LogP contribution is -2.41. The highest BCUT2D eigenvalue weighted by atomic mass is 35.5. The van der Waals surface area contributed by atoms with Gasteiger partial charge in [-0.1, -0.05) is 24.9 Å². The van der Waals surface area contributed by atoms with Gasteiger partial charge in [-0.25, -0.2) is 8.42 Å². The van der Waals surface area contributed by atoms with Gasteiger partial charge in [-0.3, -0.25) is 9.10 Å². The summed E-state index contributed by atoms with van der Waals surface area (Å²) in [6, 6.07) is 4.60. The van der Waals surface area contributed by atoms with E-state index in [9.17, 15) is 13.2 Å². The summed E-state index contributed by atoms with van der Waals surface area (Å²) >= 11 is 6.05. The monoisotopic (exact) mass is 362 g/mol. The van der Waals surface area contributed by atoms with Crippen molar-refractivity contribution in [2.45, 2.75) is 19.8 Å². The zero-order valence-electron chi connectivity index (χ0n) is 13.9. The van der Waals surface area contributed by atoms with Gasteiger partial charge in [0, 0.05) is 13.6 Å². The molecule has 0 aliphatic heterocycles. The fraction of sp³-hybridized carbons (Fsp3) is 0.533. The van der Waals surface area contributed by atoms with Crippen molar-refractivity contribution < 1.29 is 17.9 Å². The number of likely N-dealkylation sites (N-methyl/N-ethyl adjacent to an activating group) is 1. The first kappa shape index (κ1) is 19.6. The van der Waals surface area contributed by atoms with Crippen LogP contribution in [-0.2, 0) is 14.8 Å². The minimum absolute atomic E-state index is 0.262. The Balaban J connectivity index is 3.03. The maximum Gasteiger partial charge on any atom is 0.243 e. The molecule has 0 unspecified atom stereocenters. The molecule has 0 saturated heterocycles. The van der Waals surface area contributed by atoms with Gasteiger partial charge in [0.2, 0.25) is 15.9 Å². The molecule has 0 bridgehead atoms. The molecular formula is C15H23ClN2O4S. The molecular weight excluding hydrogens is 340 g/mol. The van der Waals surface area contributed by atoms with Crippen LogP contribution in [0.4, 0.5) is 5.69 Å². The van der Waals surface area contributed by atoms with E-state index in [1.165, 1.54) is 18.1 Å². The second-order valence-electron chi connectivity index (χ2n) is 5.26. The zero-order chi connectivity index (χ0) is 17.6. The van der Waals surface area contributed by atoms with Crippen molar-refractivity contribution in [2.75, 3.05) is 37.8 Å². The van der Waals surface area contributed by atoms with Crippen molar-refractivity contribution in [3.63, 3.8) is 0 Å². The van der Waals surface area contributed by atoms with Crippen LogP contribution in [0.25, 0.3) is 0 Å². The summed E-state index contributed by atoms with van der Waals surface area (Å²) < 4.78 is 30.2. The van der Waals surface area contributed by atoms with E-state index in [1.807, 2.05) is 6.92 Å². The molecule has 1 aromatic rings. The van der Waals surface area contributed by atoms with E-state index in [0.717, 1.165) is 23.4 Å². The number of benzene rings is 1. The molecule has 0 atom stereocenters. The molecule has 0 aliphatic rings. The summed E-state index contributed by atoms with van der Waals surface area (Å²) in [7, 11) is -0.477. The van der Waals surface area contributed by atoms with E-state index in [1.54, 1.807) is 19.2 Å². The van der Waals surface area contributed by atoms with Crippen LogP contribution < -0.4 is 9.04 Å². The highest BCUT2D eigenvalue weighted by Gasteiger charge is 2.23. The number of carbonyl (C=O) groups is 1. The Morgan fingerprint density at radius 1 is 1.35 bits per heavy atom. The minimum atomic E-state index is -3.62. The van der Waals surface area contributed by atoms with Crippen molar-refractivity contribution in [2.24, 2.45) is 0 Å². The summed E-state index contributed by atoms with van der Waals surface area (Å²) in [5.41, 5.74) is 0.329. The third-order valence-electron chi connectivity index (χ3n) is 3.38. The lowest BCUT2D eigenvalue weighted by molar-refractivity contribution is -0.128. The third kappa shape index (κ3) is 5.58. The zero-order valence-corrected chi connectivity index (χ0v) is 15.4. The predicted octanol–water partition coefficient (Wildman–Crippen LogP) is 2.37. The maximum absolute atomic E-state index is 12.2. The molecule has 23 heavy (non-hydrogen) atoms. The number of sulfonamides is 1. The first-order valence-electron chi connectivity index (χ1n) is 7.26. The molecule has 1 aromatic carbocycles. The molecule has 6 nitrogen and oxygen atoms in total. The van der Waals surface area contributed by atoms with Crippen LogP contribution in [0.1, 0.15) is 19.8 Å². The van der Waals surface area contributed by atoms with E-state index in [-0.39, 0.29) is 17.5 Å². The first-order chi connectivity index (χ1) is 10.7. The van der Waals surface area contributed by atoms with Gasteiger partial charge in [-0.05, 0) is 24.6 Å². The Morgan fingerprint density at radius 2 is 2.00 bits per heavy atom. The number of anilines is 1. The molecule has 0 heterocycles. The van der Waals surface area contributed by atoms with Crippen molar-refractivity contribution in [3.8, 4) is 5.75 Å². The highest BCUT2D eigenvalue weighted by molar-refractivity contribution is 7.92. The summed E-state index contributed by atoms with van der Waals surface area (Å²) in [6.45, 7) is 2.36. The van der Waals surface area contributed by atoms with Crippen molar-refractivity contribution in [1.82, 2.24) is 4.90 Å². The number of halogens is 1. The maximum atomic E-state index is 12.2. The van der Waals surface area contributed by atoms with Gasteiger partial charge in [0.1, 0.15) is 12.3 Å². The van der Waals surface area contributed by atoms with Gasteiger partial charge in [-0.15, -0.1) is 0 Å². The van der Waals surface area contributed by atoms with Crippen molar-refractivity contribution in [1.29, 1.82) is 0 Å². The van der Waals surface area contributed by atoms with Gasteiger partial charge < -0.3 is 9.64 Å². The van der Waals surface area contributed by atoms with Crippen LogP contribution in [0, 0.1) is 0 Å². The van der Waals surface area contributed by atoms with Crippen molar-refractivity contribution >= 4 is 33.2 Å². The standard InChI is InChI=1S/C15H23ClN2O4S/c1-5-6-9-17(2)15(19)11-18(23(4,20)21)12-7-8-14(22-3)13(16)10-12/h7-8,10H,5-6,9,11H2,1-4H3. The number of nitrogens with zero attached hydrogens (tertiary/aromatic N) is 2. The average molecular weight is 363 g/mol. The van der Waals surface area contributed by atoms with Gasteiger partial charge in [0.15, 0.2) is 0 Å². The average Bonchev–Trinajstić information content (AvgIpc) is 2.48. The number of hydrogen-bond donors (Lipinski definition) is 0. The molecule has 0 saturated carbocycles. The predicted molar refractivity (Wildman–Crippen MR) is 92.7 cm³/mol. The number of carbonyl (C=O) groups excluding carboxylic acids is 1. The molecule has 8 heteroatoms. The lowest BCUT2D eigenvalue weighted by Gasteiger charge is -2.25. The summed E-state index contributed by atoms with van der Waals surface area (Å²) in [6.07, 6.45) is 2.89. The minimum Gasteiger partial charge on any atom is -0.495 e. The number of ether oxygens (including phenoxy) is 1. The van der Waals surface area contributed by atoms with E-state index in [0.29, 0.717) is 18.0 Å². The van der Waals surface area contributed by atoms with Crippen LogP contribution in [0.3, 0.4) is 0 Å². The van der Waals surface area contributed by atoms with Gasteiger partial charge in [0.05, 0.1) is 24.1 Å². The Labute approximate surface area is 143 Å². The number of methoxy groups -OCH3 is 1. The fourth-order valence-corrected chi connectivity index (χ4v) is 3.07. The Kier molecular flexibility index (Phi) is 7.15. The van der Waals surface area contributed by atoms with Crippen LogP contribution >= 0.6 is 11.6 Å². The third-order valence-corrected chi connectivity index (χ3v) is 4.81. The normalized spacial score (nSPS) is 11.2. The molecule has 1 rings (SSSR count). The van der Waals surface area contributed by atoms with Crippen LogP contribution in [0.2, 0.25) is 5.02 Å². The second kappa shape index (κ2) is 8.40. The van der Waals surface area contributed by atoms with Crippen LogP contribution in [0.5, 0.6) is 5.75 Å². The molecule has 1 amide bonds. The van der Waals surface area contributed by atoms with Crippen LogP contribution in [-0.4, -0.2) is 52.7 Å². The molecule has 0 fully saturated rings. The fourth-order valence-electron chi connectivity index (χ4n) is 1.97. The van der Waals surface area contributed by atoms with E-state index in [2.05, 4.69) is 0 Å². The largest absolute Gasteiger partial charge is 0.495 e. The molecule has 0 aliphatic carbocycles. The lowest BCUT2D eigenvalue weighted by atomic mass is 10.3. The number of rotatable bonds is 8. The van der Waals surface area contributed by atoms with Gasteiger partial charge in [-0.2, -0.15) is 0 Å². The van der Waals surface area contributed by atoms with Gasteiger partial charge in [0.25, 0.3) is 0 Å². The quantitative estimate of drug-likeness (QED) is 0.712. The van der Waals surface area contributed by atoms with E-state index < -0.39 is 10.0 Å². The molecule has 0 N–H and O–H groups in total. The van der Waals surface area contributed by atoms with Crippen molar-refractivity contribution in [3.05, 3.63) is 23.2 Å². The van der Waals surface area contributed by atoms with Gasteiger partial charge >= 0.3 is 0 Å². The van der Waals surface area contributed by atoms with E-state index in [4.69, 9.17) is 16.3 Å². The smallest absolute Gasteiger partial charge is 0.243 e. The highest BCUT2D eigenvalue weighted by Crippen LogP contribution is 2.30. The Bertz CT molecular complexity index is 649. The molecule has 0 radical (unpaired) electrons. The first-order valence-corrected chi connectivity index (χ1v) is 9.48. The molecule has 130 valence electrons. The summed E-state index contributed by atoms with van der Waals surface area (Å²) in [5.74, 6) is 0.172. The SMILES string of the molecule is CCCCN(C)C(=O)CN(c1ccc(OC)c(Cl)c1)S(C)(=O)=O. The Hall–Kier alpha value is -1.47. The summed E-state index contributed by atoms with van der Waals surface area (Å²) in [4.78, 5) is 13.8. The number of amides is 1. The second-order valence-corrected chi connectivity index (χ2v) is 7.57. The van der Waals surface area contributed by atoms with E-state index >= 15 is 0 Å².